The molecular weight excluding hydrogens is 320 g/mol. The van der Waals surface area contributed by atoms with Crippen molar-refractivity contribution in [3.8, 4) is 0 Å². The summed E-state index contributed by atoms with van der Waals surface area (Å²) < 4.78 is 1.64. The quantitative estimate of drug-likeness (QED) is 0.798. The highest BCUT2D eigenvalue weighted by Crippen LogP contribution is 2.39. The van der Waals surface area contributed by atoms with E-state index in [1.807, 2.05) is 11.3 Å². The molecule has 2 aliphatic rings. The van der Waals surface area contributed by atoms with Crippen LogP contribution in [0.4, 0.5) is 0 Å². The molecule has 1 aliphatic heterocycles. The summed E-state index contributed by atoms with van der Waals surface area (Å²) in [5, 5.41) is 3.27. The lowest BCUT2D eigenvalue weighted by atomic mass is 10.1. The van der Waals surface area contributed by atoms with Gasteiger partial charge in [-0.1, -0.05) is 0 Å². The van der Waals surface area contributed by atoms with Crippen molar-refractivity contribution in [3.63, 3.8) is 0 Å². The number of hydrogen-bond donors (Lipinski definition) is 1. The number of aryl methyl sites for hydroxylation is 1. The number of rotatable bonds is 3. The van der Waals surface area contributed by atoms with Crippen molar-refractivity contribution < 1.29 is 0 Å². The SMILES string of the molecule is Cc1ccc(CN2CCc3nc4cc(C5CC5)[nH]n4c(=O)c3C2)s1. The van der Waals surface area contributed by atoms with E-state index < -0.39 is 0 Å². The highest BCUT2D eigenvalue weighted by Gasteiger charge is 2.27. The minimum absolute atomic E-state index is 0.0777. The van der Waals surface area contributed by atoms with Crippen molar-refractivity contribution in [1.29, 1.82) is 0 Å². The zero-order valence-corrected chi connectivity index (χ0v) is 14.5. The van der Waals surface area contributed by atoms with Gasteiger partial charge < -0.3 is 0 Å². The summed E-state index contributed by atoms with van der Waals surface area (Å²) in [6, 6.07) is 6.41. The molecule has 0 atom stereocenters. The maximum absolute atomic E-state index is 12.9. The molecule has 0 radical (unpaired) electrons. The Kier molecular flexibility index (Phi) is 3.18. The summed E-state index contributed by atoms with van der Waals surface area (Å²) in [6.45, 7) is 4.71. The highest BCUT2D eigenvalue weighted by atomic mass is 32.1. The zero-order valence-electron chi connectivity index (χ0n) is 13.7. The van der Waals surface area contributed by atoms with E-state index in [0.717, 1.165) is 42.1 Å². The number of H-pyrrole nitrogens is 1. The second-order valence-corrected chi connectivity index (χ2v) is 8.37. The van der Waals surface area contributed by atoms with Gasteiger partial charge in [0, 0.05) is 53.5 Å². The van der Waals surface area contributed by atoms with Gasteiger partial charge in [-0.05, 0) is 31.9 Å². The molecule has 3 aromatic rings. The monoisotopic (exact) mass is 340 g/mol. The van der Waals surface area contributed by atoms with E-state index >= 15 is 0 Å². The van der Waals surface area contributed by atoms with Crippen LogP contribution in [0.15, 0.2) is 23.0 Å². The fraction of sp³-hybridized carbons (Fsp3) is 0.444. The third-order valence-electron chi connectivity index (χ3n) is 5.05. The highest BCUT2D eigenvalue weighted by molar-refractivity contribution is 7.11. The molecule has 1 aliphatic carbocycles. The summed E-state index contributed by atoms with van der Waals surface area (Å²) >= 11 is 1.84. The number of thiophene rings is 1. The fourth-order valence-electron chi connectivity index (χ4n) is 3.58. The van der Waals surface area contributed by atoms with Crippen molar-refractivity contribution in [1.82, 2.24) is 19.5 Å². The Labute approximate surface area is 143 Å². The Morgan fingerprint density at radius 1 is 1.38 bits per heavy atom. The van der Waals surface area contributed by atoms with Crippen LogP contribution in [0, 0.1) is 6.92 Å². The number of fused-ring (bicyclic) bond motifs is 2. The minimum Gasteiger partial charge on any atom is -0.293 e. The second kappa shape index (κ2) is 5.29. The largest absolute Gasteiger partial charge is 0.293 e. The lowest BCUT2D eigenvalue weighted by molar-refractivity contribution is 0.243. The maximum atomic E-state index is 12.9. The summed E-state index contributed by atoms with van der Waals surface area (Å²) in [7, 11) is 0. The number of nitrogens with zero attached hydrogens (tertiary/aromatic N) is 3. The molecule has 5 rings (SSSR count). The van der Waals surface area contributed by atoms with Gasteiger partial charge >= 0.3 is 0 Å². The predicted molar refractivity (Wildman–Crippen MR) is 94.7 cm³/mol. The standard InChI is InChI=1S/C18H20N4OS/c1-11-2-5-13(24-11)9-21-7-6-15-14(10-21)18(23)22-17(19-15)8-16(20-22)12-3-4-12/h2,5,8,12,20H,3-4,6-7,9-10H2,1H3. The van der Waals surface area contributed by atoms with Crippen LogP contribution in [0.25, 0.3) is 5.65 Å². The molecule has 24 heavy (non-hydrogen) atoms. The van der Waals surface area contributed by atoms with Crippen LogP contribution < -0.4 is 5.56 Å². The molecule has 5 nitrogen and oxygen atoms in total. The lowest BCUT2D eigenvalue weighted by Crippen LogP contribution is -2.36. The van der Waals surface area contributed by atoms with E-state index in [2.05, 4.69) is 35.1 Å². The minimum atomic E-state index is 0.0777. The molecule has 6 heteroatoms. The van der Waals surface area contributed by atoms with E-state index in [4.69, 9.17) is 4.98 Å². The molecule has 1 saturated carbocycles. The summed E-state index contributed by atoms with van der Waals surface area (Å²) in [5.74, 6) is 0.599. The van der Waals surface area contributed by atoms with E-state index in [0.29, 0.717) is 12.5 Å². The van der Waals surface area contributed by atoms with Gasteiger partial charge in [0.2, 0.25) is 0 Å². The molecule has 0 amide bonds. The van der Waals surface area contributed by atoms with E-state index in [1.54, 1.807) is 4.52 Å². The predicted octanol–water partition coefficient (Wildman–Crippen LogP) is 2.83. The van der Waals surface area contributed by atoms with Gasteiger partial charge in [0.15, 0.2) is 5.65 Å². The topological polar surface area (TPSA) is 53.4 Å². The van der Waals surface area contributed by atoms with Crippen LogP contribution in [-0.4, -0.2) is 26.0 Å². The Balaban J connectivity index is 1.48. The van der Waals surface area contributed by atoms with Crippen LogP contribution in [-0.2, 0) is 19.5 Å². The number of aromatic nitrogens is 3. The number of aromatic amines is 1. The van der Waals surface area contributed by atoms with Crippen molar-refractivity contribution in [2.75, 3.05) is 6.54 Å². The van der Waals surface area contributed by atoms with E-state index in [9.17, 15) is 4.79 Å². The Bertz CT molecular complexity index is 979. The van der Waals surface area contributed by atoms with Crippen LogP contribution in [0.2, 0.25) is 0 Å². The smallest absolute Gasteiger partial charge is 0.277 e. The first kappa shape index (κ1) is 14.4. The average molecular weight is 340 g/mol. The molecule has 124 valence electrons. The molecule has 4 heterocycles. The van der Waals surface area contributed by atoms with Gasteiger partial charge in [-0.3, -0.25) is 14.8 Å². The van der Waals surface area contributed by atoms with Gasteiger partial charge in [-0.2, -0.15) is 0 Å². The van der Waals surface area contributed by atoms with E-state index in [-0.39, 0.29) is 5.56 Å². The van der Waals surface area contributed by atoms with Crippen molar-refractivity contribution >= 4 is 17.0 Å². The van der Waals surface area contributed by atoms with Crippen LogP contribution in [0.1, 0.15) is 45.5 Å². The molecular formula is C18H20N4OS. The Hall–Kier alpha value is -1.92. The molecule has 1 N–H and O–H groups in total. The van der Waals surface area contributed by atoms with Gasteiger partial charge in [0.1, 0.15) is 0 Å². The molecule has 0 saturated heterocycles. The van der Waals surface area contributed by atoms with Crippen molar-refractivity contribution in [2.24, 2.45) is 0 Å². The fourth-order valence-corrected chi connectivity index (χ4v) is 4.52. The first-order chi connectivity index (χ1) is 11.7. The molecule has 0 spiro atoms. The first-order valence-corrected chi connectivity index (χ1v) is 9.40. The molecule has 0 aromatic carbocycles. The van der Waals surface area contributed by atoms with E-state index in [1.165, 1.54) is 22.6 Å². The summed E-state index contributed by atoms with van der Waals surface area (Å²) in [5.41, 5.74) is 3.86. The normalized spacial score (nSPS) is 18.2. The van der Waals surface area contributed by atoms with Crippen molar-refractivity contribution in [2.45, 2.75) is 45.2 Å². The molecule has 0 unspecified atom stereocenters. The Morgan fingerprint density at radius 3 is 3.00 bits per heavy atom. The van der Waals surface area contributed by atoms with Gasteiger partial charge in [0.05, 0.1) is 11.3 Å². The molecule has 1 fully saturated rings. The van der Waals surface area contributed by atoms with Crippen LogP contribution in [0.3, 0.4) is 0 Å². The molecule has 3 aromatic heterocycles. The van der Waals surface area contributed by atoms with Crippen molar-refractivity contribution in [3.05, 3.63) is 55.3 Å². The number of nitrogens with one attached hydrogen (secondary N) is 1. The van der Waals surface area contributed by atoms with Gasteiger partial charge in [-0.15, -0.1) is 11.3 Å². The Morgan fingerprint density at radius 2 is 2.25 bits per heavy atom. The average Bonchev–Trinajstić information content (AvgIpc) is 3.21. The summed E-state index contributed by atoms with van der Waals surface area (Å²) in [4.78, 5) is 22.7. The lowest BCUT2D eigenvalue weighted by Gasteiger charge is -2.27. The van der Waals surface area contributed by atoms with Gasteiger partial charge in [0.25, 0.3) is 5.56 Å². The van der Waals surface area contributed by atoms with Crippen LogP contribution in [0.5, 0.6) is 0 Å². The third-order valence-corrected chi connectivity index (χ3v) is 6.04. The first-order valence-electron chi connectivity index (χ1n) is 8.58. The summed E-state index contributed by atoms with van der Waals surface area (Å²) in [6.07, 6.45) is 3.29. The second-order valence-electron chi connectivity index (χ2n) is 6.99. The van der Waals surface area contributed by atoms with Gasteiger partial charge in [-0.25, -0.2) is 9.50 Å². The number of hydrogen-bond acceptors (Lipinski definition) is 4. The maximum Gasteiger partial charge on any atom is 0.277 e. The van der Waals surface area contributed by atoms with Crippen LogP contribution >= 0.6 is 11.3 Å². The third kappa shape index (κ3) is 2.41. The zero-order chi connectivity index (χ0) is 16.3. The molecule has 0 bridgehead atoms.